The minimum Gasteiger partial charge on any atom is -0.309 e. The zero-order valence-corrected chi connectivity index (χ0v) is 38.6. The zero-order chi connectivity index (χ0) is 46.4. The van der Waals surface area contributed by atoms with Gasteiger partial charge in [0.1, 0.15) is 0 Å². The molecule has 12 aromatic carbocycles. The Hall–Kier alpha value is -9.04. The predicted molar refractivity (Wildman–Crippen MR) is 295 cm³/mol. The van der Waals surface area contributed by atoms with Crippen LogP contribution in [0, 0.1) is 0 Å². The molecule has 1 aliphatic rings. The van der Waals surface area contributed by atoms with Crippen LogP contribution >= 0.6 is 0 Å². The number of hydrogen-bond donors (Lipinski definition) is 0. The van der Waals surface area contributed by atoms with Crippen molar-refractivity contribution in [2.75, 3.05) is 4.90 Å². The summed E-state index contributed by atoms with van der Waals surface area (Å²) in [5.41, 5.74) is 19.7. The Kier molecular flexibility index (Phi) is 10.1. The highest BCUT2D eigenvalue weighted by Crippen LogP contribution is 2.59. The molecule has 0 radical (unpaired) electrons. The fourth-order valence-corrected chi connectivity index (χ4v) is 11.5. The first-order valence-corrected chi connectivity index (χ1v) is 24.3. The van der Waals surface area contributed by atoms with Crippen LogP contribution in [0.2, 0.25) is 0 Å². The standard InChI is InChI=1S/C69H47N/c1-6-22-48(23-7-1)52-40-44-61-62-45-43-56(47-66(62)69(65(61)46-52,53-28-12-4-13-29-53)54-30-14-5-15-31-54)70(55-41-38-50(39-42-55)58-33-17-16-32-57(58)49-24-8-2-9-25-49)68-64-37-21-19-35-60(64)59-34-18-20-36-63(59)67(68)51-26-10-3-11-27-51/h1-47H. The summed E-state index contributed by atoms with van der Waals surface area (Å²) in [6, 6.07) is 105. The molecular weight excluding hydrogens is 843 g/mol. The molecule has 1 nitrogen and oxygen atoms in total. The first-order valence-electron chi connectivity index (χ1n) is 24.3. The van der Waals surface area contributed by atoms with E-state index in [0.29, 0.717) is 0 Å². The van der Waals surface area contributed by atoms with Gasteiger partial charge in [-0.25, -0.2) is 0 Å². The SMILES string of the molecule is c1ccc(-c2ccc3c(c2)C(c2ccccc2)(c2ccccc2)c2cc(N(c4ccc(-c5ccccc5-c5ccccc5)cc4)c4c(-c5ccccc5)c5ccccc5c5ccccc45)ccc2-3)cc1. The van der Waals surface area contributed by atoms with Crippen LogP contribution in [0.3, 0.4) is 0 Å². The fourth-order valence-electron chi connectivity index (χ4n) is 11.5. The van der Waals surface area contributed by atoms with Crippen molar-refractivity contribution < 1.29 is 0 Å². The third-order valence-electron chi connectivity index (χ3n) is 14.5. The first kappa shape index (κ1) is 41.2. The van der Waals surface area contributed by atoms with Crippen molar-refractivity contribution in [1.82, 2.24) is 0 Å². The molecule has 0 unspecified atom stereocenters. The maximum absolute atomic E-state index is 2.55. The van der Waals surface area contributed by atoms with Crippen LogP contribution in [0.15, 0.2) is 285 Å². The Labute approximate surface area is 409 Å². The van der Waals surface area contributed by atoms with Gasteiger partial charge >= 0.3 is 0 Å². The topological polar surface area (TPSA) is 3.24 Å². The largest absolute Gasteiger partial charge is 0.309 e. The molecule has 0 amide bonds. The minimum absolute atomic E-state index is 0.627. The van der Waals surface area contributed by atoms with Gasteiger partial charge in [0.2, 0.25) is 0 Å². The van der Waals surface area contributed by atoms with E-state index in [2.05, 4.69) is 290 Å². The van der Waals surface area contributed by atoms with Crippen molar-refractivity contribution in [2.45, 2.75) is 5.41 Å². The molecule has 0 heterocycles. The van der Waals surface area contributed by atoms with Crippen molar-refractivity contribution in [2.24, 2.45) is 0 Å². The fraction of sp³-hybridized carbons (Fsp3) is 0.0145. The third kappa shape index (κ3) is 6.70. The van der Waals surface area contributed by atoms with Crippen LogP contribution in [0.5, 0.6) is 0 Å². The summed E-state index contributed by atoms with van der Waals surface area (Å²) in [5.74, 6) is 0. The highest BCUT2D eigenvalue weighted by Gasteiger charge is 2.46. The van der Waals surface area contributed by atoms with Crippen molar-refractivity contribution in [3.63, 3.8) is 0 Å². The number of nitrogens with zero attached hydrogens (tertiary/aromatic N) is 1. The summed E-state index contributed by atoms with van der Waals surface area (Å²) < 4.78 is 0. The van der Waals surface area contributed by atoms with Crippen molar-refractivity contribution in [3.8, 4) is 55.6 Å². The van der Waals surface area contributed by atoms with Gasteiger partial charge in [-0.15, -0.1) is 0 Å². The Morgan fingerprint density at radius 2 is 0.643 bits per heavy atom. The molecule has 0 spiro atoms. The van der Waals surface area contributed by atoms with E-state index in [-0.39, 0.29) is 0 Å². The van der Waals surface area contributed by atoms with E-state index in [1.165, 1.54) is 99.4 Å². The molecule has 1 heteroatoms. The number of rotatable bonds is 9. The van der Waals surface area contributed by atoms with Crippen LogP contribution in [-0.2, 0) is 5.41 Å². The van der Waals surface area contributed by atoms with E-state index < -0.39 is 5.41 Å². The lowest BCUT2D eigenvalue weighted by molar-refractivity contribution is 0.768. The number of anilines is 3. The lowest BCUT2D eigenvalue weighted by atomic mass is 9.67. The van der Waals surface area contributed by atoms with Crippen molar-refractivity contribution >= 4 is 38.6 Å². The highest BCUT2D eigenvalue weighted by molar-refractivity contribution is 6.22. The van der Waals surface area contributed by atoms with E-state index in [0.717, 1.165) is 17.1 Å². The summed E-state index contributed by atoms with van der Waals surface area (Å²) in [7, 11) is 0. The molecule has 0 saturated carbocycles. The molecule has 13 rings (SSSR count). The van der Waals surface area contributed by atoms with Gasteiger partial charge in [-0.1, -0.05) is 255 Å². The molecule has 0 fully saturated rings. The van der Waals surface area contributed by atoms with Crippen LogP contribution in [-0.4, -0.2) is 0 Å². The van der Waals surface area contributed by atoms with Gasteiger partial charge in [-0.3, -0.25) is 0 Å². The summed E-state index contributed by atoms with van der Waals surface area (Å²) >= 11 is 0. The van der Waals surface area contributed by atoms with Crippen LogP contribution in [0.25, 0.3) is 77.2 Å². The first-order chi connectivity index (χ1) is 34.8. The minimum atomic E-state index is -0.627. The Morgan fingerprint density at radius 1 is 0.243 bits per heavy atom. The average Bonchev–Trinajstić information content (AvgIpc) is 3.74. The van der Waals surface area contributed by atoms with Crippen LogP contribution < -0.4 is 4.90 Å². The second-order valence-corrected chi connectivity index (χ2v) is 18.3. The lowest BCUT2D eigenvalue weighted by Gasteiger charge is -2.35. The lowest BCUT2D eigenvalue weighted by Crippen LogP contribution is -2.29. The van der Waals surface area contributed by atoms with Gasteiger partial charge in [0.25, 0.3) is 0 Å². The molecule has 1 aliphatic carbocycles. The number of fused-ring (bicyclic) bond motifs is 6. The molecule has 0 aliphatic heterocycles. The van der Waals surface area contributed by atoms with Gasteiger partial charge < -0.3 is 4.90 Å². The van der Waals surface area contributed by atoms with Crippen molar-refractivity contribution in [1.29, 1.82) is 0 Å². The molecule has 0 N–H and O–H groups in total. The van der Waals surface area contributed by atoms with E-state index in [9.17, 15) is 0 Å². The monoisotopic (exact) mass is 889 g/mol. The molecule has 0 aromatic heterocycles. The smallest absolute Gasteiger partial charge is 0.0714 e. The second-order valence-electron chi connectivity index (χ2n) is 18.3. The predicted octanol–water partition coefficient (Wildman–Crippen LogP) is 18.5. The Morgan fingerprint density at radius 3 is 1.23 bits per heavy atom. The van der Waals surface area contributed by atoms with E-state index in [1.54, 1.807) is 0 Å². The normalized spacial score (nSPS) is 12.4. The van der Waals surface area contributed by atoms with Crippen molar-refractivity contribution in [3.05, 3.63) is 307 Å². The second kappa shape index (κ2) is 17.2. The molecule has 0 atom stereocenters. The molecule has 0 saturated heterocycles. The molecule has 70 heavy (non-hydrogen) atoms. The van der Waals surface area contributed by atoms with E-state index >= 15 is 0 Å². The van der Waals surface area contributed by atoms with Gasteiger partial charge in [0.05, 0.1) is 11.1 Å². The highest BCUT2D eigenvalue weighted by atomic mass is 15.1. The van der Waals surface area contributed by atoms with Crippen LogP contribution in [0.1, 0.15) is 22.3 Å². The van der Waals surface area contributed by atoms with Gasteiger partial charge in [0.15, 0.2) is 0 Å². The Bertz CT molecular complexity index is 3800. The molecule has 12 aromatic rings. The quantitative estimate of drug-likeness (QED) is 0.131. The number of hydrogen-bond acceptors (Lipinski definition) is 1. The summed E-state index contributed by atoms with van der Waals surface area (Å²) in [6.45, 7) is 0. The number of benzene rings is 12. The van der Waals surface area contributed by atoms with E-state index in [4.69, 9.17) is 0 Å². The molecule has 0 bridgehead atoms. The van der Waals surface area contributed by atoms with Gasteiger partial charge in [-0.05, 0) is 119 Å². The maximum atomic E-state index is 2.55. The molecule has 328 valence electrons. The maximum Gasteiger partial charge on any atom is 0.0714 e. The van der Waals surface area contributed by atoms with Crippen LogP contribution in [0.4, 0.5) is 17.1 Å². The van der Waals surface area contributed by atoms with Gasteiger partial charge in [0, 0.05) is 22.3 Å². The zero-order valence-electron chi connectivity index (χ0n) is 38.6. The summed E-state index contributed by atoms with van der Waals surface area (Å²) in [6.07, 6.45) is 0. The van der Waals surface area contributed by atoms with E-state index in [1.807, 2.05) is 0 Å². The summed E-state index contributed by atoms with van der Waals surface area (Å²) in [5, 5.41) is 4.85. The third-order valence-corrected chi connectivity index (χ3v) is 14.5. The van der Waals surface area contributed by atoms with Gasteiger partial charge in [-0.2, -0.15) is 0 Å². The molecular formula is C69H47N. The summed E-state index contributed by atoms with van der Waals surface area (Å²) in [4.78, 5) is 2.55. The average molecular weight is 890 g/mol. The Balaban J connectivity index is 1.11.